The van der Waals surface area contributed by atoms with Crippen molar-refractivity contribution in [1.82, 2.24) is 0 Å². The summed E-state index contributed by atoms with van der Waals surface area (Å²) in [5.41, 5.74) is 0.618. The number of hydrogen-bond acceptors (Lipinski definition) is 5. The maximum Gasteiger partial charge on any atom is 0.294 e. The molecular weight excluding hydrogens is 328 g/mol. The molecule has 2 heterocycles. The van der Waals surface area contributed by atoms with Crippen molar-refractivity contribution in [2.75, 3.05) is 10.7 Å². The molecule has 0 radical (unpaired) electrons. The minimum absolute atomic E-state index is 0.169. The molecule has 1 saturated heterocycles. The van der Waals surface area contributed by atoms with E-state index in [2.05, 4.69) is 4.40 Å². The van der Waals surface area contributed by atoms with Crippen molar-refractivity contribution in [3.05, 3.63) is 47.8 Å². The van der Waals surface area contributed by atoms with Gasteiger partial charge in [0.25, 0.3) is 10.0 Å². The number of amidine groups is 1. The van der Waals surface area contributed by atoms with E-state index < -0.39 is 10.0 Å². The summed E-state index contributed by atoms with van der Waals surface area (Å²) in [6.45, 7) is 0. The van der Waals surface area contributed by atoms with E-state index in [0.717, 1.165) is 23.1 Å². The Balaban J connectivity index is 2.02. The number of thioether (sulfide) groups is 1. The van der Waals surface area contributed by atoms with Gasteiger partial charge in [0, 0.05) is 0 Å². The SMILES string of the molecule is O=C1CSC(=NS(=O)(=O)c2cccs2)N1c1ccccc1. The average Bonchev–Trinajstić information content (AvgIpc) is 3.10. The smallest absolute Gasteiger partial charge is 0.273 e. The van der Waals surface area contributed by atoms with Gasteiger partial charge >= 0.3 is 0 Å². The maximum absolute atomic E-state index is 12.2. The van der Waals surface area contributed by atoms with Gasteiger partial charge in [-0.3, -0.25) is 9.69 Å². The number of carbonyl (C=O) groups excluding carboxylic acids is 1. The molecule has 0 spiro atoms. The summed E-state index contributed by atoms with van der Waals surface area (Å²) < 4.78 is 28.4. The van der Waals surface area contributed by atoms with Crippen LogP contribution in [-0.2, 0) is 14.8 Å². The molecule has 0 atom stereocenters. The van der Waals surface area contributed by atoms with E-state index in [-0.39, 0.29) is 21.0 Å². The maximum atomic E-state index is 12.2. The third kappa shape index (κ3) is 2.87. The fourth-order valence-electron chi connectivity index (χ4n) is 1.82. The van der Waals surface area contributed by atoms with Gasteiger partial charge in [-0.2, -0.15) is 8.42 Å². The van der Waals surface area contributed by atoms with Crippen LogP contribution in [0.1, 0.15) is 0 Å². The number of benzene rings is 1. The second-order valence-corrected chi connectivity index (χ2v) is 7.86. The van der Waals surface area contributed by atoms with Gasteiger partial charge in [-0.15, -0.1) is 15.7 Å². The number of para-hydroxylation sites is 1. The highest BCUT2D eigenvalue weighted by molar-refractivity contribution is 8.16. The lowest BCUT2D eigenvalue weighted by Gasteiger charge is -2.15. The summed E-state index contributed by atoms with van der Waals surface area (Å²) in [6.07, 6.45) is 0. The largest absolute Gasteiger partial charge is 0.294 e. The lowest BCUT2D eigenvalue weighted by molar-refractivity contribution is -0.115. The number of nitrogens with zero attached hydrogens (tertiary/aromatic N) is 2. The molecule has 1 aliphatic rings. The zero-order chi connectivity index (χ0) is 14.9. The van der Waals surface area contributed by atoms with Gasteiger partial charge in [0.05, 0.1) is 11.4 Å². The van der Waals surface area contributed by atoms with Crippen LogP contribution in [-0.4, -0.2) is 25.2 Å². The van der Waals surface area contributed by atoms with Crippen LogP contribution in [0.3, 0.4) is 0 Å². The standard InChI is InChI=1S/C13H10N2O3S3/c16-11-9-20-13(15(11)10-5-2-1-3-6-10)14-21(17,18)12-7-4-8-19-12/h1-8H,9H2. The molecule has 0 unspecified atom stereocenters. The number of rotatable bonds is 3. The van der Waals surface area contributed by atoms with Crippen LogP contribution in [0.2, 0.25) is 0 Å². The van der Waals surface area contributed by atoms with Crippen molar-refractivity contribution in [3.63, 3.8) is 0 Å². The van der Waals surface area contributed by atoms with E-state index >= 15 is 0 Å². The molecule has 3 rings (SSSR count). The second kappa shape index (κ2) is 5.63. The summed E-state index contributed by atoms with van der Waals surface area (Å²) >= 11 is 2.23. The van der Waals surface area contributed by atoms with Crippen molar-refractivity contribution in [3.8, 4) is 0 Å². The van der Waals surface area contributed by atoms with E-state index in [4.69, 9.17) is 0 Å². The third-order valence-electron chi connectivity index (χ3n) is 2.73. The van der Waals surface area contributed by atoms with Crippen molar-refractivity contribution in [2.24, 2.45) is 4.40 Å². The van der Waals surface area contributed by atoms with Gasteiger partial charge in [0.2, 0.25) is 5.91 Å². The Morgan fingerprint density at radius 3 is 2.52 bits per heavy atom. The lowest BCUT2D eigenvalue weighted by atomic mass is 10.3. The van der Waals surface area contributed by atoms with Crippen LogP contribution in [0.15, 0.2) is 56.5 Å². The highest BCUT2D eigenvalue weighted by atomic mass is 32.2. The Labute approximate surface area is 130 Å². The molecule has 1 aromatic heterocycles. The van der Waals surface area contributed by atoms with E-state index in [9.17, 15) is 13.2 Å². The topological polar surface area (TPSA) is 66.8 Å². The first-order valence-corrected chi connectivity index (χ1v) is 9.28. The molecular formula is C13H10N2O3S3. The lowest BCUT2D eigenvalue weighted by Crippen LogP contribution is -2.29. The predicted octanol–water partition coefficient (Wildman–Crippen LogP) is 2.57. The van der Waals surface area contributed by atoms with Crippen LogP contribution in [0.25, 0.3) is 0 Å². The molecule has 8 heteroatoms. The number of amides is 1. The van der Waals surface area contributed by atoms with Crippen molar-refractivity contribution < 1.29 is 13.2 Å². The summed E-state index contributed by atoms with van der Waals surface area (Å²) in [4.78, 5) is 13.3. The molecule has 1 aliphatic heterocycles. The normalized spacial score (nSPS) is 17.6. The Kier molecular flexibility index (Phi) is 3.83. The van der Waals surface area contributed by atoms with Gasteiger partial charge in [-0.05, 0) is 23.6 Å². The Morgan fingerprint density at radius 1 is 1.10 bits per heavy atom. The molecule has 0 saturated carbocycles. The number of anilines is 1. The Morgan fingerprint density at radius 2 is 1.86 bits per heavy atom. The zero-order valence-electron chi connectivity index (χ0n) is 10.7. The van der Waals surface area contributed by atoms with Crippen molar-refractivity contribution in [1.29, 1.82) is 0 Å². The Hall–Kier alpha value is -1.64. The molecule has 21 heavy (non-hydrogen) atoms. The fourth-order valence-corrected chi connectivity index (χ4v) is 4.88. The van der Waals surface area contributed by atoms with Gasteiger partial charge in [-0.25, -0.2) is 0 Å². The molecule has 1 amide bonds. The van der Waals surface area contributed by atoms with Crippen molar-refractivity contribution >= 4 is 49.9 Å². The average molecular weight is 338 g/mol. The number of carbonyl (C=O) groups is 1. The molecule has 0 bridgehead atoms. The minimum Gasteiger partial charge on any atom is -0.273 e. The van der Waals surface area contributed by atoms with E-state index in [1.807, 2.05) is 6.07 Å². The van der Waals surface area contributed by atoms with Gasteiger partial charge in [0.15, 0.2) is 5.17 Å². The summed E-state index contributed by atoms with van der Waals surface area (Å²) in [6, 6.07) is 12.1. The molecule has 5 nitrogen and oxygen atoms in total. The predicted molar refractivity (Wildman–Crippen MR) is 85.3 cm³/mol. The first-order chi connectivity index (χ1) is 10.1. The van der Waals surface area contributed by atoms with Crippen LogP contribution in [0.5, 0.6) is 0 Å². The summed E-state index contributed by atoms with van der Waals surface area (Å²) in [5.74, 6) is 0.0135. The molecule has 0 N–H and O–H groups in total. The van der Waals surface area contributed by atoms with Gasteiger partial charge < -0.3 is 0 Å². The van der Waals surface area contributed by atoms with Crippen LogP contribution in [0, 0.1) is 0 Å². The van der Waals surface area contributed by atoms with Gasteiger partial charge in [-0.1, -0.05) is 36.0 Å². The highest BCUT2D eigenvalue weighted by Gasteiger charge is 2.31. The first kappa shape index (κ1) is 14.3. The third-order valence-corrected chi connectivity index (χ3v) is 6.41. The van der Waals surface area contributed by atoms with Gasteiger partial charge in [0.1, 0.15) is 4.21 Å². The zero-order valence-corrected chi connectivity index (χ0v) is 13.1. The molecule has 1 fully saturated rings. The molecule has 1 aromatic carbocycles. The second-order valence-electron chi connectivity index (χ2n) is 4.13. The number of hydrogen-bond donors (Lipinski definition) is 0. The monoisotopic (exact) mass is 338 g/mol. The van der Waals surface area contributed by atoms with E-state index in [0.29, 0.717) is 5.69 Å². The van der Waals surface area contributed by atoms with Crippen LogP contribution in [0.4, 0.5) is 5.69 Å². The number of thiophene rings is 1. The molecule has 0 aliphatic carbocycles. The van der Waals surface area contributed by atoms with Crippen LogP contribution >= 0.6 is 23.1 Å². The summed E-state index contributed by atoms with van der Waals surface area (Å²) in [5, 5.41) is 1.87. The molecule has 2 aromatic rings. The van der Waals surface area contributed by atoms with E-state index in [1.165, 1.54) is 11.0 Å². The molecule has 108 valence electrons. The van der Waals surface area contributed by atoms with Crippen LogP contribution < -0.4 is 4.90 Å². The first-order valence-electron chi connectivity index (χ1n) is 5.97. The van der Waals surface area contributed by atoms with Crippen molar-refractivity contribution in [2.45, 2.75) is 4.21 Å². The van der Waals surface area contributed by atoms with E-state index in [1.54, 1.807) is 35.7 Å². The minimum atomic E-state index is -3.77. The fraction of sp³-hybridized carbons (Fsp3) is 0.0769. The quantitative estimate of drug-likeness (QED) is 0.863. The number of sulfonamides is 1. The Bertz CT molecular complexity index is 783. The highest BCUT2D eigenvalue weighted by Crippen LogP contribution is 2.28. The summed E-state index contributed by atoms with van der Waals surface area (Å²) in [7, 11) is -3.77.